The van der Waals surface area contributed by atoms with Crippen LogP contribution in [0.5, 0.6) is 0 Å². The second-order valence-electron chi connectivity index (χ2n) is 11.7. The summed E-state index contributed by atoms with van der Waals surface area (Å²) in [4.78, 5) is 44.2. The maximum absolute atomic E-state index is 13.8. The molecular formula is C33H37Cl2N4O3+. The molecule has 9 heteroatoms. The molecule has 2 aliphatic rings. The first-order valence-electron chi connectivity index (χ1n) is 14.4. The average Bonchev–Trinajstić information content (AvgIpc) is 2.98. The zero-order valence-electron chi connectivity index (χ0n) is 24.1. The van der Waals surface area contributed by atoms with Crippen molar-refractivity contribution in [3.05, 3.63) is 105 Å². The number of piperazine rings is 1. The van der Waals surface area contributed by atoms with E-state index in [2.05, 4.69) is 0 Å². The number of amides is 3. The molecule has 0 radical (unpaired) electrons. The number of benzene rings is 3. The molecule has 0 aromatic heterocycles. The summed E-state index contributed by atoms with van der Waals surface area (Å²) in [6.45, 7) is 6.14. The van der Waals surface area contributed by atoms with E-state index in [-0.39, 0.29) is 34.3 Å². The fourth-order valence-corrected chi connectivity index (χ4v) is 6.55. The first-order valence-corrected chi connectivity index (χ1v) is 15.2. The molecule has 2 N–H and O–H groups in total. The fourth-order valence-electron chi connectivity index (χ4n) is 6.24. The molecule has 7 nitrogen and oxygen atoms in total. The zero-order chi connectivity index (χ0) is 30.0. The maximum Gasteiger partial charge on any atom is 0.364 e. The van der Waals surface area contributed by atoms with Crippen LogP contribution in [-0.2, 0) is 4.79 Å². The highest BCUT2D eigenvalue weighted by Gasteiger charge is 2.41. The Balaban J connectivity index is 1.30. The average molecular weight is 609 g/mol. The number of hydrogen-bond acceptors (Lipinski definition) is 4. The van der Waals surface area contributed by atoms with Crippen LogP contribution in [0, 0.1) is 19.8 Å². The standard InChI is InChI=1S/C33H37Cl2N4O3/c1-22-16-23(2)18-27(17-22)32(41)37-12-13-38(30(21-37)26-8-9-28(34)29(35)20-26)31(40)19-24-10-14-39(36,15-11-24)33(42)25-6-4-3-5-7-25/h3-9,16-18,20,24,30H,10-15,19,21,36H2,1-2H3/q+1. The van der Waals surface area contributed by atoms with Crippen molar-refractivity contribution in [2.45, 2.75) is 39.2 Å². The molecule has 2 saturated heterocycles. The molecule has 5 rings (SSSR count). The number of rotatable bonds is 5. The number of halogens is 2. The fraction of sp³-hybridized carbons (Fsp3) is 0.364. The smallest absolute Gasteiger partial charge is 0.334 e. The predicted molar refractivity (Wildman–Crippen MR) is 165 cm³/mol. The number of aryl methyl sites for hydroxylation is 2. The van der Waals surface area contributed by atoms with E-state index < -0.39 is 0 Å². The molecule has 0 bridgehead atoms. The summed E-state index contributed by atoms with van der Waals surface area (Å²) in [5.41, 5.74) is 4.16. The van der Waals surface area contributed by atoms with Crippen LogP contribution in [0.15, 0.2) is 66.7 Å². The van der Waals surface area contributed by atoms with Crippen molar-refractivity contribution >= 4 is 40.9 Å². The molecule has 3 amide bonds. The van der Waals surface area contributed by atoms with Gasteiger partial charge in [-0.25, -0.2) is 4.79 Å². The lowest BCUT2D eigenvalue weighted by molar-refractivity contribution is -0.867. The van der Waals surface area contributed by atoms with Crippen molar-refractivity contribution in [3.8, 4) is 0 Å². The van der Waals surface area contributed by atoms with Gasteiger partial charge in [0.25, 0.3) is 5.91 Å². The summed E-state index contributed by atoms with van der Waals surface area (Å²) in [5.74, 6) is 6.55. The number of nitrogens with zero attached hydrogens (tertiary/aromatic N) is 3. The minimum absolute atomic E-state index is 0.0287. The highest BCUT2D eigenvalue weighted by Crippen LogP contribution is 2.33. The Morgan fingerprint density at radius 1 is 0.857 bits per heavy atom. The largest absolute Gasteiger partial charge is 0.364 e. The summed E-state index contributed by atoms with van der Waals surface area (Å²) < 4.78 is -0.139. The van der Waals surface area contributed by atoms with E-state index in [1.54, 1.807) is 24.3 Å². The van der Waals surface area contributed by atoms with Gasteiger partial charge in [-0.05, 0) is 61.7 Å². The monoisotopic (exact) mass is 607 g/mol. The van der Waals surface area contributed by atoms with Gasteiger partial charge < -0.3 is 9.80 Å². The maximum atomic E-state index is 13.8. The SMILES string of the molecule is Cc1cc(C)cc(C(=O)N2CCN(C(=O)CC3CC[N+](N)(C(=O)c4ccccc4)CC3)C(c3ccc(Cl)c(Cl)c3)C2)c1. The van der Waals surface area contributed by atoms with E-state index >= 15 is 0 Å². The second kappa shape index (κ2) is 12.6. The van der Waals surface area contributed by atoms with Crippen LogP contribution in [0.3, 0.4) is 0 Å². The summed E-state index contributed by atoms with van der Waals surface area (Å²) in [5, 5.41) is 0.847. The molecule has 0 saturated carbocycles. The Morgan fingerprint density at radius 3 is 2.17 bits per heavy atom. The highest BCUT2D eigenvalue weighted by atomic mass is 35.5. The minimum Gasteiger partial charge on any atom is -0.334 e. The van der Waals surface area contributed by atoms with Crippen LogP contribution < -0.4 is 5.84 Å². The molecule has 2 heterocycles. The van der Waals surface area contributed by atoms with Gasteiger partial charge in [0.1, 0.15) is 13.1 Å². The normalized spacial score (nSPS) is 22.6. The van der Waals surface area contributed by atoms with Crippen molar-refractivity contribution in [3.63, 3.8) is 0 Å². The van der Waals surface area contributed by atoms with Gasteiger partial charge in [-0.2, -0.15) is 10.4 Å². The third-order valence-corrected chi connectivity index (χ3v) is 9.29. The number of carbonyl (C=O) groups excluding carboxylic acids is 3. The quantitative estimate of drug-likeness (QED) is 0.220. The van der Waals surface area contributed by atoms with Gasteiger partial charge in [-0.15, -0.1) is 0 Å². The summed E-state index contributed by atoms with van der Waals surface area (Å²) in [7, 11) is 0. The van der Waals surface area contributed by atoms with Crippen molar-refractivity contribution < 1.29 is 19.0 Å². The molecule has 3 aromatic rings. The molecule has 2 aliphatic heterocycles. The van der Waals surface area contributed by atoms with Crippen LogP contribution in [0.1, 0.15) is 62.7 Å². The molecule has 220 valence electrons. The Hall–Kier alpha value is -3.23. The Morgan fingerprint density at radius 2 is 1.52 bits per heavy atom. The number of quaternary nitrogens is 1. The number of likely N-dealkylation sites (tertiary alicyclic amines) is 1. The van der Waals surface area contributed by atoms with Crippen LogP contribution in [0.4, 0.5) is 0 Å². The van der Waals surface area contributed by atoms with E-state index in [4.69, 9.17) is 29.0 Å². The molecular weight excluding hydrogens is 571 g/mol. The third-order valence-electron chi connectivity index (χ3n) is 8.55. The Kier molecular flexibility index (Phi) is 9.04. The number of piperidine rings is 1. The lowest BCUT2D eigenvalue weighted by Gasteiger charge is -2.43. The molecule has 42 heavy (non-hydrogen) atoms. The van der Waals surface area contributed by atoms with Crippen LogP contribution in [0.2, 0.25) is 10.0 Å². The summed E-state index contributed by atoms with van der Waals surface area (Å²) in [6.07, 6.45) is 1.73. The number of nitrogens with two attached hydrogens (primary N) is 1. The van der Waals surface area contributed by atoms with Crippen LogP contribution in [-0.4, -0.2) is 64.8 Å². The molecule has 1 unspecified atom stereocenters. The van der Waals surface area contributed by atoms with E-state index in [1.165, 1.54) is 0 Å². The van der Waals surface area contributed by atoms with Gasteiger partial charge in [0, 0.05) is 44.5 Å². The van der Waals surface area contributed by atoms with Crippen molar-refractivity contribution in [1.29, 1.82) is 0 Å². The molecule has 2 fully saturated rings. The van der Waals surface area contributed by atoms with Gasteiger partial charge in [0.2, 0.25) is 5.91 Å². The number of hydrogen-bond donors (Lipinski definition) is 1. The molecule has 1 atom stereocenters. The Labute approximate surface area is 257 Å². The molecule has 3 aromatic carbocycles. The van der Waals surface area contributed by atoms with Gasteiger partial charge in [-0.3, -0.25) is 9.59 Å². The topological polar surface area (TPSA) is 83.7 Å². The summed E-state index contributed by atoms with van der Waals surface area (Å²) in [6, 6.07) is 20.0. The van der Waals surface area contributed by atoms with Crippen molar-refractivity contribution in [2.75, 3.05) is 32.7 Å². The van der Waals surface area contributed by atoms with Crippen molar-refractivity contribution in [2.24, 2.45) is 11.8 Å². The highest BCUT2D eigenvalue weighted by molar-refractivity contribution is 6.42. The first-order chi connectivity index (χ1) is 20.0. The van der Waals surface area contributed by atoms with E-state index in [9.17, 15) is 14.4 Å². The molecule has 0 aliphatic carbocycles. The molecule has 0 spiro atoms. The Bertz CT molecular complexity index is 1470. The summed E-state index contributed by atoms with van der Waals surface area (Å²) >= 11 is 12.6. The van der Waals surface area contributed by atoms with E-state index in [1.807, 2.05) is 66.1 Å². The first kappa shape index (κ1) is 30.2. The zero-order valence-corrected chi connectivity index (χ0v) is 25.6. The minimum atomic E-state index is -0.358. The van der Waals surface area contributed by atoms with Crippen LogP contribution >= 0.6 is 23.2 Å². The van der Waals surface area contributed by atoms with Gasteiger partial charge in [0.05, 0.1) is 21.7 Å². The lowest BCUT2D eigenvalue weighted by Crippen LogP contribution is -2.62. The number of carbonyl (C=O) groups is 3. The van der Waals surface area contributed by atoms with Gasteiger partial charge in [0.15, 0.2) is 0 Å². The second-order valence-corrected chi connectivity index (χ2v) is 12.5. The third kappa shape index (κ3) is 6.55. The van der Waals surface area contributed by atoms with Crippen molar-refractivity contribution in [1.82, 2.24) is 9.80 Å². The van der Waals surface area contributed by atoms with Gasteiger partial charge in [-0.1, -0.05) is 64.7 Å². The van der Waals surface area contributed by atoms with E-state index in [0.29, 0.717) is 73.2 Å². The van der Waals surface area contributed by atoms with E-state index in [0.717, 1.165) is 16.7 Å². The lowest BCUT2D eigenvalue weighted by atomic mass is 9.91. The predicted octanol–water partition coefficient (Wildman–Crippen LogP) is 5.97. The van der Waals surface area contributed by atoms with Crippen LogP contribution in [0.25, 0.3) is 0 Å². The van der Waals surface area contributed by atoms with Gasteiger partial charge >= 0.3 is 5.91 Å².